The molecule has 0 heterocycles. The average Bonchev–Trinajstić information content (AvgIpc) is 2.37. The van der Waals surface area contributed by atoms with E-state index in [4.69, 9.17) is 9.47 Å². The lowest BCUT2D eigenvalue weighted by molar-refractivity contribution is -0.219. The lowest BCUT2D eigenvalue weighted by atomic mass is 9.80. The first kappa shape index (κ1) is 12.3. The lowest BCUT2D eigenvalue weighted by Gasteiger charge is -2.41. The van der Waals surface area contributed by atoms with Crippen molar-refractivity contribution >= 4 is 5.57 Å². The summed E-state index contributed by atoms with van der Waals surface area (Å²) in [6.07, 6.45) is 1.78. The Morgan fingerprint density at radius 2 is 1.94 bits per heavy atom. The molecule has 0 bridgehead atoms. The van der Waals surface area contributed by atoms with Gasteiger partial charge in [-0.05, 0) is 18.1 Å². The Kier molecular flexibility index (Phi) is 3.33. The van der Waals surface area contributed by atoms with E-state index in [1.54, 1.807) is 14.2 Å². The number of allylic oxidation sites excluding steroid dienone is 1. The Labute approximate surface area is 102 Å². The molecule has 92 valence electrons. The number of rotatable bonds is 2. The Morgan fingerprint density at radius 1 is 1.29 bits per heavy atom. The molecule has 1 aromatic rings. The van der Waals surface area contributed by atoms with Gasteiger partial charge in [-0.2, -0.15) is 0 Å². The predicted molar refractivity (Wildman–Crippen MR) is 66.6 cm³/mol. The molecule has 0 saturated carbocycles. The number of ether oxygens (including phenoxy) is 2. The van der Waals surface area contributed by atoms with Gasteiger partial charge in [0.05, 0.1) is 0 Å². The van der Waals surface area contributed by atoms with Gasteiger partial charge >= 0.3 is 0 Å². The third-order valence-corrected chi connectivity index (χ3v) is 3.43. The highest BCUT2D eigenvalue weighted by atomic mass is 16.7. The minimum Gasteiger partial charge on any atom is -0.387 e. The molecule has 1 N–H and O–H groups in total. The van der Waals surface area contributed by atoms with Gasteiger partial charge in [-0.15, -0.1) is 0 Å². The Morgan fingerprint density at radius 3 is 2.53 bits per heavy atom. The maximum absolute atomic E-state index is 10.3. The van der Waals surface area contributed by atoms with Crippen LogP contribution < -0.4 is 0 Å². The van der Waals surface area contributed by atoms with Crippen molar-refractivity contribution in [3.8, 4) is 0 Å². The maximum Gasteiger partial charge on any atom is 0.221 e. The normalized spacial score (nSPS) is 24.7. The summed E-state index contributed by atoms with van der Waals surface area (Å²) >= 11 is 0. The lowest BCUT2D eigenvalue weighted by Crippen LogP contribution is -2.50. The number of hydrogen-bond donors (Lipinski definition) is 1. The fourth-order valence-corrected chi connectivity index (χ4v) is 2.60. The summed E-state index contributed by atoms with van der Waals surface area (Å²) in [6.45, 7) is 1.93. The van der Waals surface area contributed by atoms with Crippen LogP contribution in [0.5, 0.6) is 0 Å². The monoisotopic (exact) mass is 234 g/mol. The van der Waals surface area contributed by atoms with Gasteiger partial charge in [0.25, 0.3) is 0 Å². The molecule has 1 aromatic carbocycles. The maximum atomic E-state index is 10.3. The summed E-state index contributed by atoms with van der Waals surface area (Å²) < 4.78 is 10.9. The second kappa shape index (κ2) is 4.61. The number of hydrogen-bond acceptors (Lipinski definition) is 3. The molecule has 3 heteroatoms. The first-order chi connectivity index (χ1) is 8.19. The molecule has 0 amide bonds. The summed E-state index contributed by atoms with van der Waals surface area (Å²) in [5.41, 5.74) is 3.10. The van der Waals surface area contributed by atoms with E-state index in [9.17, 15) is 5.11 Å². The standard InChI is InChI=1S/C14H18O3/c1-4-12-11-8-6-5-7-10(11)9-13(15)14(12,16-2)17-3/h4-8,13,15H,9H2,1-3H3/b12-4+. The van der Waals surface area contributed by atoms with Crippen molar-refractivity contribution in [2.24, 2.45) is 0 Å². The first-order valence-electron chi connectivity index (χ1n) is 5.73. The summed E-state index contributed by atoms with van der Waals surface area (Å²) in [4.78, 5) is 0. The van der Waals surface area contributed by atoms with Crippen LogP contribution in [-0.2, 0) is 15.9 Å². The molecule has 0 radical (unpaired) electrons. The molecule has 0 aromatic heterocycles. The number of fused-ring (bicyclic) bond motifs is 1. The SMILES string of the molecule is C/C=C1\c2ccccc2CC(O)C1(OC)OC. The third-order valence-electron chi connectivity index (χ3n) is 3.43. The number of methoxy groups -OCH3 is 2. The van der Waals surface area contributed by atoms with E-state index in [2.05, 4.69) is 0 Å². The van der Waals surface area contributed by atoms with E-state index < -0.39 is 11.9 Å². The van der Waals surface area contributed by atoms with Crippen LogP contribution in [0.15, 0.2) is 30.3 Å². The van der Waals surface area contributed by atoms with Crippen LogP contribution in [0.3, 0.4) is 0 Å². The zero-order chi connectivity index (χ0) is 12.5. The van der Waals surface area contributed by atoms with Crippen LogP contribution >= 0.6 is 0 Å². The second-order valence-electron chi connectivity index (χ2n) is 4.16. The minimum atomic E-state index is -1.05. The molecular formula is C14H18O3. The zero-order valence-electron chi connectivity index (χ0n) is 10.4. The molecule has 1 aliphatic carbocycles. The van der Waals surface area contributed by atoms with Crippen LogP contribution in [0.4, 0.5) is 0 Å². The van der Waals surface area contributed by atoms with Crippen LogP contribution in [0.2, 0.25) is 0 Å². The van der Waals surface area contributed by atoms with Gasteiger partial charge in [-0.3, -0.25) is 0 Å². The quantitative estimate of drug-likeness (QED) is 0.795. The van der Waals surface area contributed by atoms with Crippen molar-refractivity contribution < 1.29 is 14.6 Å². The topological polar surface area (TPSA) is 38.7 Å². The van der Waals surface area contributed by atoms with E-state index in [1.807, 2.05) is 37.3 Å². The van der Waals surface area contributed by atoms with Crippen LogP contribution in [0, 0.1) is 0 Å². The van der Waals surface area contributed by atoms with Gasteiger partial charge in [0.1, 0.15) is 6.10 Å². The molecule has 0 saturated heterocycles. The average molecular weight is 234 g/mol. The highest BCUT2D eigenvalue weighted by molar-refractivity contribution is 5.75. The molecule has 17 heavy (non-hydrogen) atoms. The first-order valence-corrected chi connectivity index (χ1v) is 5.73. The second-order valence-corrected chi connectivity index (χ2v) is 4.16. The molecule has 0 spiro atoms. The number of aliphatic hydroxyl groups is 1. The Bertz CT molecular complexity index is 433. The van der Waals surface area contributed by atoms with Crippen LogP contribution in [0.25, 0.3) is 5.57 Å². The molecule has 1 unspecified atom stereocenters. The van der Waals surface area contributed by atoms with E-state index in [0.29, 0.717) is 6.42 Å². The van der Waals surface area contributed by atoms with Crippen molar-refractivity contribution in [3.05, 3.63) is 41.5 Å². The summed E-state index contributed by atoms with van der Waals surface area (Å²) in [7, 11) is 3.12. The van der Waals surface area contributed by atoms with Crippen LogP contribution in [-0.4, -0.2) is 31.2 Å². The van der Waals surface area contributed by atoms with E-state index >= 15 is 0 Å². The van der Waals surface area contributed by atoms with Crippen molar-refractivity contribution in [2.45, 2.75) is 25.2 Å². The largest absolute Gasteiger partial charge is 0.387 e. The van der Waals surface area contributed by atoms with Gasteiger partial charge < -0.3 is 14.6 Å². The smallest absolute Gasteiger partial charge is 0.221 e. The van der Waals surface area contributed by atoms with Crippen molar-refractivity contribution in [1.82, 2.24) is 0 Å². The Balaban J connectivity index is 2.61. The van der Waals surface area contributed by atoms with Crippen molar-refractivity contribution in [1.29, 1.82) is 0 Å². The van der Waals surface area contributed by atoms with E-state index in [1.165, 1.54) is 0 Å². The van der Waals surface area contributed by atoms with Crippen molar-refractivity contribution in [2.75, 3.05) is 14.2 Å². The fourth-order valence-electron chi connectivity index (χ4n) is 2.60. The Hall–Kier alpha value is -1.16. The molecule has 3 nitrogen and oxygen atoms in total. The minimum absolute atomic E-state index is 0.537. The summed E-state index contributed by atoms with van der Waals surface area (Å²) in [5, 5.41) is 10.3. The van der Waals surface area contributed by atoms with Crippen molar-refractivity contribution in [3.63, 3.8) is 0 Å². The van der Waals surface area contributed by atoms with Gasteiger partial charge in [0, 0.05) is 26.2 Å². The third kappa shape index (κ3) is 1.71. The molecule has 1 aliphatic rings. The van der Waals surface area contributed by atoms with Crippen LogP contribution in [0.1, 0.15) is 18.1 Å². The summed E-state index contributed by atoms with van der Waals surface area (Å²) in [5.74, 6) is -1.05. The summed E-state index contributed by atoms with van der Waals surface area (Å²) in [6, 6.07) is 8.02. The van der Waals surface area contributed by atoms with Gasteiger partial charge in [0.15, 0.2) is 0 Å². The van der Waals surface area contributed by atoms with Gasteiger partial charge in [-0.25, -0.2) is 0 Å². The van der Waals surface area contributed by atoms with Gasteiger partial charge in [0.2, 0.25) is 5.79 Å². The predicted octanol–water partition coefficient (Wildman–Crippen LogP) is 2.00. The number of aliphatic hydroxyl groups excluding tert-OH is 1. The number of benzene rings is 1. The highest BCUT2D eigenvalue weighted by Crippen LogP contribution is 2.41. The fraction of sp³-hybridized carbons (Fsp3) is 0.429. The van der Waals surface area contributed by atoms with E-state index in [0.717, 1.165) is 16.7 Å². The van der Waals surface area contributed by atoms with Gasteiger partial charge in [-0.1, -0.05) is 30.3 Å². The molecule has 0 fully saturated rings. The zero-order valence-corrected chi connectivity index (χ0v) is 10.4. The highest BCUT2D eigenvalue weighted by Gasteiger charge is 2.46. The van der Waals surface area contributed by atoms with E-state index in [-0.39, 0.29) is 0 Å². The molecular weight excluding hydrogens is 216 g/mol. The molecule has 0 aliphatic heterocycles. The molecule has 2 rings (SSSR count). The molecule has 1 atom stereocenters.